The van der Waals surface area contributed by atoms with Gasteiger partial charge in [0.25, 0.3) is 0 Å². The molecule has 0 unspecified atom stereocenters. The van der Waals surface area contributed by atoms with Gasteiger partial charge in [0.05, 0.1) is 25.5 Å². The van der Waals surface area contributed by atoms with Crippen LogP contribution >= 0.6 is 0 Å². The van der Waals surface area contributed by atoms with E-state index in [0.29, 0.717) is 31.1 Å². The number of amides is 1. The van der Waals surface area contributed by atoms with Crippen LogP contribution in [0.3, 0.4) is 0 Å². The lowest BCUT2D eigenvalue weighted by Gasteiger charge is -2.08. The highest BCUT2D eigenvalue weighted by Gasteiger charge is 2.48. The smallest absolute Gasteiger partial charge is 0.307 e. The Hall–Kier alpha value is -2.24. The molecule has 0 aliphatic heterocycles. The molecule has 0 bridgehead atoms. The Bertz CT molecular complexity index is 502. The molecule has 6 nitrogen and oxygen atoms in total. The van der Waals surface area contributed by atoms with Crippen molar-refractivity contribution in [3.63, 3.8) is 0 Å². The predicted octanol–water partition coefficient (Wildman–Crippen LogP) is 0.911. The van der Waals surface area contributed by atoms with Crippen LogP contribution < -0.4 is 14.8 Å². The summed E-state index contributed by atoms with van der Waals surface area (Å²) in [6.45, 7) is 0.669. The third-order valence-electron chi connectivity index (χ3n) is 3.16. The van der Waals surface area contributed by atoms with Gasteiger partial charge >= 0.3 is 5.97 Å². The number of hydrogen-bond donors (Lipinski definition) is 2. The largest absolute Gasteiger partial charge is 0.497 e. The topological polar surface area (TPSA) is 84.9 Å². The molecule has 1 aliphatic rings. The lowest BCUT2D eigenvalue weighted by Crippen LogP contribution is -2.30. The maximum absolute atomic E-state index is 11.6. The fraction of sp³-hybridized carbons (Fsp3) is 0.429. The van der Waals surface area contributed by atoms with Gasteiger partial charge in [-0.25, -0.2) is 0 Å². The number of carboxylic acids is 1. The lowest BCUT2D eigenvalue weighted by atomic mass is 10.3. The van der Waals surface area contributed by atoms with Gasteiger partial charge in [0, 0.05) is 6.07 Å². The van der Waals surface area contributed by atoms with Crippen LogP contribution in [0.15, 0.2) is 24.3 Å². The highest BCUT2D eigenvalue weighted by molar-refractivity contribution is 5.89. The molecule has 0 saturated heterocycles. The van der Waals surface area contributed by atoms with Crippen LogP contribution in [0.25, 0.3) is 0 Å². The van der Waals surface area contributed by atoms with Gasteiger partial charge in [-0.15, -0.1) is 0 Å². The first-order valence-electron chi connectivity index (χ1n) is 6.39. The zero-order valence-electron chi connectivity index (χ0n) is 11.2. The molecule has 0 spiro atoms. The Morgan fingerprint density at radius 3 is 2.75 bits per heavy atom. The number of carbonyl (C=O) groups excluding carboxylic acids is 1. The van der Waals surface area contributed by atoms with Gasteiger partial charge in [-0.1, -0.05) is 6.07 Å². The second kappa shape index (κ2) is 6.27. The molecule has 0 heterocycles. The van der Waals surface area contributed by atoms with Gasteiger partial charge < -0.3 is 19.9 Å². The van der Waals surface area contributed by atoms with Crippen LogP contribution in [0.2, 0.25) is 0 Å². The van der Waals surface area contributed by atoms with Gasteiger partial charge in [0.1, 0.15) is 18.1 Å². The molecular formula is C14H17NO5. The number of hydrogen-bond acceptors (Lipinski definition) is 4. The van der Waals surface area contributed by atoms with Crippen molar-refractivity contribution in [1.82, 2.24) is 5.32 Å². The Morgan fingerprint density at radius 2 is 2.10 bits per heavy atom. The Balaban J connectivity index is 1.66. The standard InChI is InChI=1S/C14H17NO5/c1-19-9-3-2-4-10(7-9)20-6-5-15-13(16)11-8-12(11)14(17)18/h2-4,7,11-12H,5-6,8H2,1H3,(H,15,16)(H,17,18)/t11-,12-/m1/s1. The molecule has 20 heavy (non-hydrogen) atoms. The monoisotopic (exact) mass is 279 g/mol. The summed E-state index contributed by atoms with van der Waals surface area (Å²) in [5.41, 5.74) is 0. The van der Waals surface area contributed by atoms with Crippen LogP contribution in [-0.2, 0) is 9.59 Å². The molecule has 1 fully saturated rings. The molecule has 2 N–H and O–H groups in total. The van der Waals surface area contributed by atoms with Crippen molar-refractivity contribution in [1.29, 1.82) is 0 Å². The van der Waals surface area contributed by atoms with E-state index in [2.05, 4.69) is 5.32 Å². The molecule has 0 aromatic heterocycles. The number of carboxylic acid groups (broad SMARTS) is 1. The molecular weight excluding hydrogens is 262 g/mol. The van der Waals surface area contributed by atoms with Crippen molar-refractivity contribution >= 4 is 11.9 Å². The van der Waals surface area contributed by atoms with Crippen molar-refractivity contribution in [3.8, 4) is 11.5 Å². The fourth-order valence-electron chi connectivity index (χ4n) is 1.92. The van der Waals surface area contributed by atoms with E-state index >= 15 is 0 Å². The average molecular weight is 279 g/mol. The highest BCUT2D eigenvalue weighted by Crippen LogP contribution is 2.38. The van der Waals surface area contributed by atoms with Crippen molar-refractivity contribution in [3.05, 3.63) is 24.3 Å². The molecule has 1 aliphatic carbocycles. The third kappa shape index (κ3) is 3.63. The van der Waals surface area contributed by atoms with Gasteiger partial charge in [0.15, 0.2) is 0 Å². The zero-order chi connectivity index (χ0) is 14.5. The molecule has 1 amide bonds. The number of aliphatic carboxylic acids is 1. The van der Waals surface area contributed by atoms with Gasteiger partial charge in [0.2, 0.25) is 5.91 Å². The predicted molar refractivity (Wildman–Crippen MR) is 70.7 cm³/mol. The Morgan fingerprint density at radius 1 is 1.35 bits per heavy atom. The fourth-order valence-corrected chi connectivity index (χ4v) is 1.92. The minimum atomic E-state index is -0.905. The minimum absolute atomic E-state index is 0.216. The van der Waals surface area contributed by atoms with Crippen LogP contribution in [0.5, 0.6) is 11.5 Å². The SMILES string of the molecule is COc1cccc(OCCNC(=O)[C@@H]2C[C@H]2C(=O)O)c1. The maximum Gasteiger partial charge on any atom is 0.307 e. The first-order chi connectivity index (χ1) is 9.61. The van der Waals surface area contributed by atoms with Crippen molar-refractivity contribution < 1.29 is 24.2 Å². The van der Waals surface area contributed by atoms with Crippen LogP contribution in [-0.4, -0.2) is 37.2 Å². The number of nitrogens with one attached hydrogen (secondary N) is 1. The second-order valence-electron chi connectivity index (χ2n) is 4.61. The molecule has 1 aromatic rings. The summed E-state index contributed by atoms with van der Waals surface area (Å²) in [5, 5.41) is 11.4. The number of benzene rings is 1. The third-order valence-corrected chi connectivity index (χ3v) is 3.16. The summed E-state index contributed by atoms with van der Waals surface area (Å²) in [6, 6.07) is 7.18. The molecule has 1 aromatic carbocycles. The highest BCUT2D eigenvalue weighted by atomic mass is 16.5. The molecule has 108 valence electrons. The molecule has 6 heteroatoms. The Kier molecular flexibility index (Phi) is 4.45. The van der Waals surface area contributed by atoms with E-state index in [-0.39, 0.29) is 11.8 Å². The van der Waals surface area contributed by atoms with Crippen molar-refractivity contribution in [2.45, 2.75) is 6.42 Å². The molecule has 2 rings (SSSR count). The van der Waals surface area contributed by atoms with E-state index < -0.39 is 11.9 Å². The Labute approximate surface area is 116 Å². The number of rotatable bonds is 7. The summed E-state index contributed by atoms with van der Waals surface area (Å²) >= 11 is 0. The summed E-state index contributed by atoms with van der Waals surface area (Å²) in [6.07, 6.45) is 0.428. The summed E-state index contributed by atoms with van der Waals surface area (Å²) in [7, 11) is 1.58. The van der Waals surface area contributed by atoms with E-state index in [1.165, 1.54) is 0 Å². The first kappa shape index (κ1) is 14.2. The molecule has 2 atom stereocenters. The van der Waals surface area contributed by atoms with Gasteiger partial charge in [-0.05, 0) is 18.6 Å². The quantitative estimate of drug-likeness (QED) is 0.725. The van der Waals surface area contributed by atoms with E-state index in [1.807, 2.05) is 12.1 Å². The van der Waals surface area contributed by atoms with Crippen molar-refractivity contribution in [2.24, 2.45) is 11.8 Å². The van der Waals surface area contributed by atoms with Gasteiger partial charge in [-0.2, -0.15) is 0 Å². The van der Waals surface area contributed by atoms with Crippen molar-refractivity contribution in [2.75, 3.05) is 20.3 Å². The summed E-state index contributed by atoms with van der Waals surface area (Å²) in [5.74, 6) is -0.662. The van der Waals surface area contributed by atoms with Crippen LogP contribution in [0.4, 0.5) is 0 Å². The van der Waals surface area contributed by atoms with E-state index in [4.69, 9.17) is 14.6 Å². The summed E-state index contributed by atoms with van der Waals surface area (Å²) < 4.78 is 10.5. The normalized spacial score (nSPS) is 20.1. The lowest BCUT2D eigenvalue weighted by molar-refractivity contribution is -0.140. The second-order valence-corrected chi connectivity index (χ2v) is 4.61. The summed E-state index contributed by atoms with van der Waals surface area (Å²) in [4.78, 5) is 22.2. The van der Waals surface area contributed by atoms with E-state index in [9.17, 15) is 9.59 Å². The number of ether oxygens (including phenoxy) is 2. The number of carbonyl (C=O) groups is 2. The molecule has 1 saturated carbocycles. The van der Waals surface area contributed by atoms with Gasteiger partial charge in [-0.3, -0.25) is 9.59 Å². The van der Waals surface area contributed by atoms with Crippen LogP contribution in [0.1, 0.15) is 6.42 Å². The zero-order valence-corrected chi connectivity index (χ0v) is 11.2. The van der Waals surface area contributed by atoms with E-state index in [0.717, 1.165) is 0 Å². The van der Waals surface area contributed by atoms with E-state index in [1.54, 1.807) is 19.2 Å². The average Bonchev–Trinajstić information content (AvgIpc) is 3.24. The number of methoxy groups -OCH3 is 1. The molecule has 0 radical (unpaired) electrons. The minimum Gasteiger partial charge on any atom is -0.497 e. The maximum atomic E-state index is 11.6. The first-order valence-corrected chi connectivity index (χ1v) is 6.39. The van der Waals surface area contributed by atoms with Crippen LogP contribution in [0, 0.1) is 11.8 Å².